The van der Waals surface area contributed by atoms with Crippen LogP contribution in [0.15, 0.2) is 47.4 Å². The molecule has 208 valence electrons. The smallest absolute Gasteiger partial charge is 0.408 e. The quantitative estimate of drug-likeness (QED) is 0.438. The van der Waals surface area contributed by atoms with Gasteiger partial charge in [-0.1, -0.05) is 24.3 Å². The molecule has 38 heavy (non-hydrogen) atoms. The minimum Gasteiger partial charge on any atom is -0.444 e. The third-order valence-corrected chi connectivity index (χ3v) is 8.47. The first-order chi connectivity index (χ1) is 17.5. The van der Waals surface area contributed by atoms with Crippen molar-refractivity contribution >= 4 is 39.5 Å². The van der Waals surface area contributed by atoms with Crippen LogP contribution in [0.5, 0.6) is 0 Å². The van der Waals surface area contributed by atoms with E-state index in [1.165, 1.54) is 18.2 Å². The van der Waals surface area contributed by atoms with Gasteiger partial charge >= 0.3 is 6.09 Å². The summed E-state index contributed by atoms with van der Waals surface area (Å²) in [5, 5.41) is 5.35. The van der Waals surface area contributed by atoms with E-state index in [0.717, 1.165) is 0 Å². The molecule has 2 aromatic rings. The molecule has 0 atom stereocenters. The Labute approximate surface area is 228 Å². The highest BCUT2D eigenvalue weighted by Crippen LogP contribution is 2.32. The number of hydrogen-bond donors (Lipinski definition) is 3. The molecule has 1 heterocycles. The predicted octanol–water partition coefficient (Wildman–Crippen LogP) is 5.30. The number of alkyl carbamates (subject to hydrolysis) is 1. The van der Waals surface area contributed by atoms with Gasteiger partial charge in [0.15, 0.2) is 0 Å². The Kier molecular flexibility index (Phi) is 8.84. The standard InChI is InChI=1S/C27H36FN3O5S2/c1-25(2,3)31-38(34,35)22-10-8-7-9-19(22)18-11-12-21(20(28)17-18)29-23(32)27(13-15-37-16-14-27)30-24(33)36-26(4,5)6/h7-12,17,31H,13-16H2,1-6H3,(H,29,32)(H,30,33). The van der Waals surface area contributed by atoms with E-state index in [2.05, 4.69) is 15.4 Å². The van der Waals surface area contributed by atoms with E-state index in [4.69, 9.17) is 4.74 Å². The Hall–Kier alpha value is -2.63. The highest BCUT2D eigenvalue weighted by Gasteiger charge is 2.42. The van der Waals surface area contributed by atoms with Gasteiger partial charge in [-0.15, -0.1) is 0 Å². The fourth-order valence-corrected chi connectivity index (χ4v) is 6.89. The zero-order chi connectivity index (χ0) is 28.4. The summed E-state index contributed by atoms with van der Waals surface area (Å²) in [5.74, 6) is 0.0360. The Morgan fingerprint density at radius 1 is 1.00 bits per heavy atom. The fourth-order valence-electron chi connectivity index (χ4n) is 4.05. The van der Waals surface area contributed by atoms with Gasteiger partial charge in [-0.2, -0.15) is 11.8 Å². The van der Waals surface area contributed by atoms with Crippen molar-refractivity contribution in [2.24, 2.45) is 0 Å². The van der Waals surface area contributed by atoms with Crippen LogP contribution < -0.4 is 15.4 Å². The van der Waals surface area contributed by atoms with Crippen LogP contribution in [0.2, 0.25) is 0 Å². The maximum Gasteiger partial charge on any atom is 0.408 e. The molecule has 0 spiro atoms. The Bertz CT molecular complexity index is 1290. The number of rotatable bonds is 6. The van der Waals surface area contributed by atoms with Gasteiger partial charge in [-0.25, -0.2) is 22.3 Å². The van der Waals surface area contributed by atoms with E-state index in [9.17, 15) is 18.0 Å². The minimum atomic E-state index is -3.88. The van der Waals surface area contributed by atoms with Crippen LogP contribution in [0.1, 0.15) is 54.4 Å². The number of amides is 2. The zero-order valence-electron chi connectivity index (χ0n) is 22.6. The number of carbonyl (C=O) groups is 2. The summed E-state index contributed by atoms with van der Waals surface area (Å²) < 4.78 is 49.3. The molecule has 0 unspecified atom stereocenters. The zero-order valence-corrected chi connectivity index (χ0v) is 24.2. The summed E-state index contributed by atoms with van der Waals surface area (Å²) >= 11 is 1.67. The molecule has 2 aromatic carbocycles. The normalized spacial score (nSPS) is 16.0. The lowest BCUT2D eigenvalue weighted by molar-refractivity contribution is -0.122. The van der Waals surface area contributed by atoms with Gasteiger partial charge < -0.3 is 15.4 Å². The highest BCUT2D eigenvalue weighted by atomic mass is 32.2. The van der Waals surface area contributed by atoms with Crippen LogP contribution in [0, 0.1) is 5.82 Å². The molecule has 0 radical (unpaired) electrons. The van der Waals surface area contributed by atoms with Gasteiger partial charge in [0.1, 0.15) is 17.0 Å². The number of hydrogen-bond acceptors (Lipinski definition) is 6. The predicted molar refractivity (Wildman–Crippen MR) is 149 cm³/mol. The van der Waals surface area contributed by atoms with E-state index < -0.39 is 44.5 Å². The lowest BCUT2D eigenvalue weighted by atomic mass is 9.91. The lowest BCUT2D eigenvalue weighted by Crippen LogP contribution is -2.59. The van der Waals surface area contributed by atoms with Crippen molar-refractivity contribution in [2.75, 3.05) is 16.8 Å². The molecule has 0 saturated carbocycles. The van der Waals surface area contributed by atoms with Crippen molar-refractivity contribution in [3.05, 3.63) is 48.3 Å². The van der Waals surface area contributed by atoms with Crippen molar-refractivity contribution in [3.8, 4) is 11.1 Å². The van der Waals surface area contributed by atoms with Crippen LogP contribution in [0.25, 0.3) is 11.1 Å². The van der Waals surface area contributed by atoms with Crippen LogP contribution >= 0.6 is 11.8 Å². The second-order valence-corrected chi connectivity index (χ2v) is 14.2. The third kappa shape index (κ3) is 7.70. The minimum absolute atomic E-state index is 0.0197. The SMILES string of the molecule is CC(C)(C)NS(=O)(=O)c1ccccc1-c1ccc(NC(=O)C2(NC(=O)OC(C)(C)C)CCSCC2)c(F)c1. The molecule has 2 amide bonds. The molecule has 1 saturated heterocycles. The molecular weight excluding hydrogens is 529 g/mol. The molecule has 0 aliphatic carbocycles. The number of sulfonamides is 1. The van der Waals surface area contributed by atoms with Gasteiger partial charge in [-0.05, 0) is 89.7 Å². The highest BCUT2D eigenvalue weighted by molar-refractivity contribution is 7.99. The van der Waals surface area contributed by atoms with Crippen molar-refractivity contribution in [1.82, 2.24) is 10.0 Å². The van der Waals surface area contributed by atoms with Crippen LogP contribution in [0.3, 0.4) is 0 Å². The summed E-state index contributed by atoms with van der Waals surface area (Å²) in [4.78, 5) is 25.9. The first-order valence-electron chi connectivity index (χ1n) is 12.3. The molecule has 11 heteroatoms. The van der Waals surface area contributed by atoms with Gasteiger partial charge in [0, 0.05) is 11.1 Å². The summed E-state index contributed by atoms with van der Waals surface area (Å²) in [6.07, 6.45) is 0.0279. The summed E-state index contributed by atoms with van der Waals surface area (Å²) in [6.45, 7) is 10.4. The maximum atomic E-state index is 15.3. The van der Waals surface area contributed by atoms with Crippen molar-refractivity contribution < 1.29 is 27.1 Å². The molecule has 3 rings (SSSR count). The van der Waals surface area contributed by atoms with E-state index in [1.54, 1.807) is 77.6 Å². The van der Waals surface area contributed by atoms with Gasteiger partial charge in [-0.3, -0.25) is 4.79 Å². The first kappa shape index (κ1) is 29.9. The van der Waals surface area contributed by atoms with E-state index >= 15 is 4.39 Å². The summed E-state index contributed by atoms with van der Waals surface area (Å²) in [5.41, 5.74) is -2.08. The maximum absolute atomic E-state index is 15.3. The largest absolute Gasteiger partial charge is 0.444 e. The Morgan fingerprint density at radius 3 is 2.21 bits per heavy atom. The number of benzene rings is 2. The fraction of sp³-hybridized carbons (Fsp3) is 0.481. The number of thioether (sulfide) groups is 1. The monoisotopic (exact) mass is 565 g/mol. The topological polar surface area (TPSA) is 114 Å². The van der Waals surface area contributed by atoms with E-state index in [-0.39, 0.29) is 10.6 Å². The van der Waals surface area contributed by atoms with Gasteiger partial charge in [0.05, 0.1) is 10.6 Å². The second kappa shape index (κ2) is 11.2. The number of carbonyl (C=O) groups excluding carboxylic acids is 2. The van der Waals surface area contributed by atoms with Crippen LogP contribution in [-0.2, 0) is 19.6 Å². The molecule has 1 fully saturated rings. The number of halogens is 1. The van der Waals surface area contributed by atoms with Crippen molar-refractivity contribution in [2.45, 2.75) is 76.0 Å². The van der Waals surface area contributed by atoms with Crippen molar-refractivity contribution in [3.63, 3.8) is 0 Å². The van der Waals surface area contributed by atoms with Gasteiger partial charge in [0.2, 0.25) is 15.9 Å². The van der Waals surface area contributed by atoms with E-state index in [0.29, 0.717) is 35.5 Å². The Balaban J connectivity index is 1.88. The molecule has 1 aliphatic heterocycles. The number of nitrogens with one attached hydrogen (secondary N) is 3. The number of anilines is 1. The molecule has 0 aromatic heterocycles. The molecular formula is C27H36FN3O5S2. The number of ether oxygens (including phenoxy) is 1. The van der Waals surface area contributed by atoms with Crippen molar-refractivity contribution in [1.29, 1.82) is 0 Å². The first-order valence-corrected chi connectivity index (χ1v) is 15.0. The Morgan fingerprint density at radius 2 is 1.63 bits per heavy atom. The van der Waals surface area contributed by atoms with Crippen LogP contribution in [0.4, 0.5) is 14.9 Å². The lowest BCUT2D eigenvalue weighted by Gasteiger charge is -2.36. The third-order valence-electron chi connectivity index (χ3n) is 5.67. The van der Waals surface area contributed by atoms with Crippen LogP contribution in [-0.4, -0.2) is 48.6 Å². The molecule has 0 bridgehead atoms. The molecule has 8 nitrogen and oxygen atoms in total. The molecule has 3 N–H and O–H groups in total. The summed E-state index contributed by atoms with van der Waals surface area (Å²) in [7, 11) is -3.88. The average Bonchev–Trinajstić information content (AvgIpc) is 2.78. The average molecular weight is 566 g/mol. The second-order valence-electron chi connectivity index (χ2n) is 11.3. The van der Waals surface area contributed by atoms with E-state index in [1.807, 2.05) is 0 Å². The van der Waals surface area contributed by atoms with Gasteiger partial charge in [0.25, 0.3) is 0 Å². The molecule has 1 aliphatic rings. The summed E-state index contributed by atoms with van der Waals surface area (Å²) in [6, 6.07) is 10.5.